The van der Waals surface area contributed by atoms with Crippen LogP contribution in [0.1, 0.15) is 43.0 Å². The first-order valence-electron chi connectivity index (χ1n) is 11.3. The zero-order valence-corrected chi connectivity index (χ0v) is 20.2. The van der Waals surface area contributed by atoms with Gasteiger partial charge in [-0.25, -0.2) is 0 Å². The second-order valence-electron chi connectivity index (χ2n) is 8.22. The maximum absolute atomic E-state index is 13.4. The van der Waals surface area contributed by atoms with E-state index in [0.29, 0.717) is 10.8 Å². The van der Waals surface area contributed by atoms with Crippen molar-refractivity contribution < 1.29 is 14.7 Å². The van der Waals surface area contributed by atoms with Gasteiger partial charge in [-0.3, -0.25) is 9.59 Å². The molecule has 2 N–H and O–H groups in total. The molecule has 2 heterocycles. The molecule has 1 saturated carbocycles. The minimum absolute atomic E-state index is 0.0121. The van der Waals surface area contributed by atoms with Gasteiger partial charge in [0.1, 0.15) is 12.6 Å². The van der Waals surface area contributed by atoms with Gasteiger partial charge in [-0.2, -0.15) is 4.80 Å². The third kappa shape index (κ3) is 5.99. The topological polar surface area (TPSA) is 113 Å². The Morgan fingerprint density at radius 3 is 2.65 bits per heavy atom. The summed E-state index contributed by atoms with van der Waals surface area (Å²) in [4.78, 5) is 30.0. The highest BCUT2D eigenvalue weighted by Crippen LogP contribution is 2.27. The maximum atomic E-state index is 13.4. The molecule has 4 rings (SSSR count). The van der Waals surface area contributed by atoms with E-state index in [1.165, 1.54) is 27.5 Å². The van der Waals surface area contributed by atoms with Crippen LogP contribution in [0.3, 0.4) is 0 Å². The van der Waals surface area contributed by atoms with Crippen molar-refractivity contribution in [3.8, 4) is 11.4 Å². The molecule has 2 amide bonds. The molecule has 180 valence electrons. The van der Waals surface area contributed by atoms with E-state index in [-0.39, 0.29) is 37.6 Å². The summed E-state index contributed by atoms with van der Waals surface area (Å²) in [6, 6.07) is 9.94. The number of hydrogen-bond acceptors (Lipinski definition) is 7. The predicted octanol–water partition coefficient (Wildman–Crippen LogP) is 3.07. The number of carbonyl (C=O) groups excluding carboxylic acids is 2. The molecule has 1 aliphatic carbocycles. The van der Waals surface area contributed by atoms with Crippen LogP contribution in [0.4, 0.5) is 0 Å². The number of carbonyl (C=O) groups is 2. The highest BCUT2D eigenvalue weighted by molar-refractivity contribution is 7.10. The first kappa shape index (κ1) is 24.3. The standard InChI is InChI=1S/C23H27ClN6O3S/c24-17-10-8-16(9-11-17)22-26-28-30(27-22)15-20(32)29(12-13-31)21(19-7-4-14-34-19)23(33)25-18-5-2-1-3-6-18/h4,7-11,14,18,21,31H,1-3,5-6,12-13,15H2,(H,25,33)/t21-/m1/s1. The molecule has 1 atom stereocenters. The number of hydrogen-bond donors (Lipinski definition) is 2. The maximum Gasteiger partial charge on any atom is 0.248 e. The monoisotopic (exact) mass is 502 g/mol. The van der Waals surface area contributed by atoms with Crippen molar-refractivity contribution >= 4 is 34.8 Å². The van der Waals surface area contributed by atoms with Gasteiger partial charge in [0.2, 0.25) is 17.6 Å². The highest BCUT2D eigenvalue weighted by Gasteiger charge is 2.33. The van der Waals surface area contributed by atoms with Crippen LogP contribution in [-0.2, 0) is 16.1 Å². The van der Waals surface area contributed by atoms with Crippen LogP contribution in [0, 0.1) is 0 Å². The second-order valence-corrected chi connectivity index (χ2v) is 9.64. The number of halogens is 1. The lowest BCUT2D eigenvalue weighted by atomic mass is 9.95. The van der Waals surface area contributed by atoms with E-state index < -0.39 is 6.04 Å². The van der Waals surface area contributed by atoms with E-state index in [1.54, 1.807) is 24.3 Å². The van der Waals surface area contributed by atoms with Gasteiger partial charge in [0, 0.05) is 28.0 Å². The number of benzene rings is 1. The smallest absolute Gasteiger partial charge is 0.248 e. The van der Waals surface area contributed by atoms with E-state index >= 15 is 0 Å². The molecule has 9 nitrogen and oxygen atoms in total. The highest BCUT2D eigenvalue weighted by atomic mass is 35.5. The van der Waals surface area contributed by atoms with Crippen LogP contribution >= 0.6 is 22.9 Å². The third-order valence-corrected chi connectivity index (χ3v) is 6.99. The van der Waals surface area contributed by atoms with Gasteiger partial charge in [-0.15, -0.1) is 21.5 Å². The summed E-state index contributed by atoms with van der Waals surface area (Å²) in [5.74, 6) is -0.251. The number of aliphatic hydroxyl groups excluding tert-OH is 1. The fourth-order valence-electron chi connectivity index (χ4n) is 4.14. The Labute approximate surface area is 206 Å². The normalized spacial score (nSPS) is 15.1. The van der Waals surface area contributed by atoms with Crippen LogP contribution in [0.25, 0.3) is 11.4 Å². The van der Waals surface area contributed by atoms with Crippen LogP contribution in [0.5, 0.6) is 0 Å². The van der Waals surface area contributed by atoms with E-state index in [2.05, 4.69) is 20.7 Å². The molecule has 1 aliphatic rings. The molecule has 0 spiro atoms. The first-order chi connectivity index (χ1) is 16.5. The Kier molecular flexibility index (Phi) is 8.25. The summed E-state index contributed by atoms with van der Waals surface area (Å²) in [6.45, 7) is -0.470. The van der Waals surface area contributed by atoms with E-state index in [4.69, 9.17) is 11.6 Å². The van der Waals surface area contributed by atoms with Crippen molar-refractivity contribution in [3.05, 3.63) is 51.7 Å². The summed E-state index contributed by atoms with van der Waals surface area (Å²) in [5, 5.41) is 27.6. The lowest BCUT2D eigenvalue weighted by Crippen LogP contribution is -2.48. The van der Waals surface area contributed by atoms with Gasteiger partial charge < -0.3 is 15.3 Å². The van der Waals surface area contributed by atoms with Gasteiger partial charge in [-0.05, 0) is 53.8 Å². The van der Waals surface area contributed by atoms with Crippen molar-refractivity contribution in [1.82, 2.24) is 30.4 Å². The van der Waals surface area contributed by atoms with Crippen LogP contribution in [0.2, 0.25) is 5.02 Å². The lowest BCUT2D eigenvalue weighted by molar-refractivity contribution is -0.142. The van der Waals surface area contributed by atoms with Crippen molar-refractivity contribution in [2.24, 2.45) is 0 Å². The zero-order valence-electron chi connectivity index (χ0n) is 18.6. The van der Waals surface area contributed by atoms with Gasteiger partial charge in [0.15, 0.2) is 0 Å². The molecule has 0 aliphatic heterocycles. The average molecular weight is 503 g/mol. The molecular weight excluding hydrogens is 476 g/mol. The number of aliphatic hydroxyl groups is 1. The summed E-state index contributed by atoms with van der Waals surface area (Å²) >= 11 is 7.34. The molecule has 3 aromatic rings. The van der Waals surface area contributed by atoms with Crippen LogP contribution < -0.4 is 5.32 Å². The molecule has 1 fully saturated rings. The minimum atomic E-state index is -0.833. The van der Waals surface area contributed by atoms with Gasteiger partial charge >= 0.3 is 0 Å². The number of tetrazole rings is 1. The summed E-state index contributed by atoms with van der Waals surface area (Å²) in [7, 11) is 0. The number of thiophene rings is 1. The molecule has 2 aromatic heterocycles. The Morgan fingerprint density at radius 2 is 1.97 bits per heavy atom. The van der Waals surface area contributed by atoms with Crippen molar-refractivity contribution in [3.63, 3.8) is 0 Å². The SMILES string of the molecule is O=C(NC1CCCCC1)[C@@H](c1cccs1)N(CCO)C(=O)Cn1nnc(-c2ccc(Cl)cc2)n1. The van der Waals surface area contributed by atoms with E-state index in [9.17, 15) is 14.7 Å². The molecule has 1 aromatic carbocycles. The zero-order chi connectivity index (χ0) is 23.9. The number of rotatable bonds is 9. The Hall–Kier alpha value is -2.82. The number of nitrogens with one attached hydrogen (secondary N) is 1. The molecular formula is C23H27ClN6O3S. The van der Waals surface area contributed by atoms with Crippen molar-refractivity contribution in [2.45, 2.75) is 50.7 Å². The predicted molar refractivity (Wildman–Crippen MR) is 129 cm³/mol. The quantitative estimate of drug-likeness (QED) is 0.465. The molecule has 0 radical (unpaired) electrons. The number of amides is 2. The van der Waals surface area contributed by atoms with Gasteiger partial charge in [-0.1, -0.05) is 36.9 Å². The minimum Gasteiger partial charge on any atom is -0.395 e. The largest absolute Gasteiger partial charge is 0.395 e. The Bertz CT molecular complexity index is 1080. The summed E-state index contributed by atoms with van der Waals surface area (Å²) < 4.78 is 0. The molecule has 0 unspecified atom stereocenters. The van der Waals surface area contributed by atoms with Crippen molar-refractivity contribution in [2.75, 3.05) is 13.2 Å². The van der Waals surface area contributed by atoms with Gasteiger partial charge in [0.05, 0.1) is 6.61 Å². The lowest BCUT2D eigenvalue weighted by Gasteiger charge is -2.32. The Morgan fingerprint density at radius 1 is 1.21 bits per heavy atom. The van der Waals surface area contributed by atoms with Gasteiger partial charge in [0.25, 0.3) is 0 Å². The average Bonchev–Trinajstić information content (AvgIpc) is 3.53. The summed E-state index contributed by atoms with van der Waals surface area (Å²) in [5.41, 5.74) is 0.721. The van der Waals surface area contributed by atoms with E-state index in [1.807, 2.05) is 17.5 Å². The summed E-state index contributed by atoms with van der Waals surface area (Å²) in [6.07, 6.45) is 5.23. The van der Waals surface area contributed by atoms with Crippen molar-refractivity contribution in [1.29, 1.82) is 0 Å². The third-order valence-electron chi connectivity index (χ3n) is 5.82. The number of nitrogens with zero attached hydrogens (tertiary/aromatic N) is 5. The second kappa shape index (κ2) is 11.5. The Balaban J connectivity index is 1.52. The molecule has 34 heavy (non-hydrogen) atoms. The fraction of sp³-hybridized carbons (Fsp3) is 0.435. The molecule has 0 bridgehead atoms. The first-order valence-corrected chi connectivity index (χ1v) is 12.6. The van der Waals surface area contributed by atoms with Crippen LogP contribution in [-0.4, -0.2) is 61.2 Å². The number of aromatic nitrogens is 4. The molecule has 11 heteroatoms. The molecule has 0 saturated heterocycles. The fourth-order valence-corrected chi connectivity index (χ4v) is 5.10. The van der Waals surface area contributed by atoms with Crippen LogP contribution in [0.15, 0.2) is 41.8 Å². The van der Waals surface area contributed by atoms with E-state index in [0.717, 1.165) is 36.1 Å².